The Kier molecular flexibility index (Phi) is 5.14. The molecule has 1 saturated heterocycles. The SMILES string of the molecule is CC(=O)NC[C@@H]1CN(c2ccc(-c3nnc([C@H](C)N)s3)c(F)c2)C(=O)O1. The van der Waals surface area contributed by atoms with Crippen LogP contribution in [0.25, 0.3) is 10.6 Å². The van der Waals surface area contributed by atoms with Gasteiger partial charge in [0.1, 0.15) is 16.9 Å². The quantitative estimate of drug-likeness (QED) is 0.820. The largest absolute Gasteiger partial charge is 0.442 e. The molecule has 2 aromatic rings. The molecule has 0 aliphatic carbocycles. The number of nitrogens with one attached hydrogen (secondary N) is 1. The third-order valence-electron chi connectivity index (χ3n) is 3.78. The van der Waals surface area contributed by atoms with Gasteiger partial charge in [0.15, 0.2) is 5.01 Å². The predicted octanol–water partition coefficient (Wildman–Crippen LogP) is 1.83. The highest BCUT2D eigenvalue weighted by Crippen LogP contribution is 2.31. The van der Waals surface area contributed by atoms with Crippen molar-refractivity contribution in [2.75, 3.05) is 18.0 Å². The maximum Gasteiger partial charge on any atom is 0.414 e. The molecule has 1 aromatic heterocycles. The molecule has 2 amide bonds. The van der Waals surface area contributed by atoms with Crippen LogP contribution in [0.15, 0.2) is 18.2 Å². The number of rotatable bonds is 5. The lowest BCUT2D eigenvalue weighted by Gasteiger charge is -2.14. The summed E-state index contributed by atoms with van der Waals surface area (Å²) in [7, 11) is 0. The molecule has 1 fully saturated rings. The molecule has 10 heteroatoms. The zero-order valence-corrected chi connectivity index (χ0v) is 15.0. The van der Waals surface area contributed by atoms with Crippen molar-refractivity contribution in [1.29, 1.82) is 0 Å². The average molecular weight is 379 g/mol. The van der Waals surface area contributed by atoms with Crippen LogP contribution in [-0.2, 0) is 9.53 Å². The summed E-state index contributed by atoms with van der Waals surface area (Å²) in [5.74, 6) is -0.730. The number of nitrogens with zero attached hydrogens (tertiary/aromatic N) is 3. The minimum Gasteiger partial charge on any atom is -0.442 e. The van der Waals surface area contributed by atoms with Crippen LogP contribution in [0.5, 0.6) is 0 Å². The first-order chi connectivity index (χ1) is 12.3. The molecule has 1 aliphatic heterocycles. The Morgan fingerprint density at radius 3 is 2.92 bits per heavy atom. The first-order valence-electron chi connectivity index (χ1n) is 7.96. The van der Waals surface area contributed by atoms with Gasteiger partial charge >= 0.3 is 6.09 Å². The molecule has 0 unspecified atom stereocenters. The van der Waals surface area contributed by atoms with E-state index in [4.69, 9.17) is 10.5 Å². The molecule has 2 heterocycles. The number of carbonyl (C=O) groups excluding carboxylic acids is 2. The van der Waals surface area contributed by atoms with E-state index < -0.39 is 18.0 Å². The number of cyclic esters (lactones) is 1. The number of ether oxygens (including phenoxy) is 1. The highest BCUT2D eigenvalue weighted by atomic mass is 32.1. The summed E-state index contributed by atoms with van der Waals surface area (Å²) in [6, 6.07) is 4.14. The third-order valence-corrected chi connectivity index (χ3v) is 4.94. The van der Waals surface area contributed by atoms with Crippen LogP contribution < -0.4 is 16.0 Å². The molecule has 0 bridgehead atoms. The number of amides is 2. The van der Waals surface area contributed by atoms with Gasteiger partial charge in [0.05, 0.1) is 24.8 Å². The standard InChI is InChI=1S/C16H18FN5O3S/c1-8(18)14-20-21-15(26-14)12-4-3-10(5-13(12)17)22-7-11(25-16(22)24)6-19-9(2)23/h3-5,8,11H,6-7,18H2,1-2H3,(H,19,23)/t8-,11+/m0/s1. The van der Waals surface area contributed by atoms with E-state index in [2.05, 4.69) is 15.5 Å². The van der Waals surface area contributed by atoms with Gasteiger partial charge in [-0.15, -0.1) is 10.2 Å². The number of halogens is 1. The van der Waals surface area contributed by atoms with Crippen molar-refractivity contribution in [1.82, 2.24) is 15.5 Å². The van der Waals surface area contributed by atoms with Crippen LogP contribution in [0.1, 0.15) is 24.9 Å². The van der Waals surface area contributed by atoms with Crippen LogP contribution in [0.3, 0.4) is 0 Å². The lowest BCUT2D eigenvalue weighted by atomic mass is 10.2. The van der Waals surface area contributed by atoms with Gasteiger partial charge in [0.25, 0.3) is 0 Å². The van der Waals surface area contributed by atoms with Gasteiger partial charge in [-0.1, -0.05) is 11.3 Å². The Hall–Kier alpha value is -2.59. The molecule has 3 rings (SSSR count). The van der Waals surface area contributed by atoms with E-state index in [9.17, 15) is 14.0 Å². The number of carbonyl (C=O) groups is 2. The van der Waals surface area contributed by atoms with Crippen LogP contribution in [0.2, 0.25) is 0 Å². The summed E-state index contributed by atoms with van der Waals surface area (Å²) >= 11 is 1.22. The van der Waals surface area contributed by atoms with Gasteiger partial charge in [-0.05, 0) is 25.1 Å². The Morgan fingerprint density at radius 2 is 2.31 bits per heavy atom. The second-order valence-corrected chi connectivity index (χ2v) is 6.96. The zero-order chi connectivity index (χ0) is 18.8. The summed E-state index contributed by atoms with van der Waals surface area (Å²) < 4.78 is 19.7. The molecule has 138 valence electrons. The Bertz CT molecular complexity index is 841. The summed E-state index contributed by atoms with van der Waals surface area (Å²) in [5, 5.41) is 11.5. The van der Waals surface area contributed by atoms with Crippen LogP contribution >= 0.6 is 11.3 Å². The Balaban J connectivity index is 1.76. The van der Waals surface area contributed by atoms with E-state index in [1.165, 1.54) is 29.2 Å². The minimum absolute atomic E-state index is 0.210. The highest BCUT2D eigenvalue weighted by Gasteiger charge is 2.32. The van der Waals surface area contributed by atoms with Crippen LogP contribution in [0, 0.1) is 5.82 Å². The van der Waals surface area contributed by atoms with Gasteiger partial charge in [-0.2, -0.15) is 0 Å². The monoisotopic (exact) mass is 379 g/mol. The zero-order valence-electron chi connectivity index (χ0n) is 14.2. The first-order valence-corrected chi connectivity index (χ1v) is 8.78. The maximum absolute atomic E-state index is 14.5. The third kappa shape index (κ3) is 3.81. The fourth-order valence-corrected chi connectivity index (χ4v) is 3.29. The fourth-order valence-electron chi connectivity index (χ4n) is 2.47. The lowest BCUT2D eigenvalue weighted by Crippen LogP contribution is -2.33. The lowest BCUT2D eigenvalue weighted by molar-refractivity contribution is -0.119. The molecule has 0 radical (unpaired) electrons. The van der Waals surface area contributed by atoms with Gasteiger partial charge in [0.2, 0.25) is 5.91 Å². The molecule has 26 heavy (non-hydrogen) atoms. The number of nitrogens with two attached hydrogens (primary N) is 1. The summed E-state index contributed by atoms with van der Waals surface area (Å²) in [6.07, 6.45) is -1.06. The van der Waals surface area contributed by atoms with Gasteiger partial charge in [-0.3, -0.25) is 9.69 Å². The topological polar surface area (TPSA) is 110 Å². The van der Waals surface area contributed by atoms with E-state index in [1.54, 1.807) is 19.1 Å². The number of anilines is 1. The van der Waals surface area contributed by atoms with E-state index in [0.29, 0.717) is 21.3 Å². The maximum atomic E-state index is 14.5. The van der Waals surface area contributed by atoms with Crippen molar-refractivity contribution >= 4 is 29.0 Å². The summed E-state index contributed by atoms with van der Waals surface area (Å²) in [4.78, 5) is 24.3. The van der Waals surface area contributed by atoms with Gasteiger partial charge in [0, 0.05) is 12.5 Å². The van der Waals surface area contributed by atoms with Crippen LogP contribution in [-0.4, -0.2) is 41.4 Å². The van der Waals surface area contributed by atoms with Gasteiger partial charge < -0.3 is 15.8 Å². The molecular formula is C16H18FN5O3S. The molecule has 8 nitrogen and oxygen atoms in total. The van der Waals surface area contributed by atoms with E-state index in [-0.39, 0.29) is 25.0 Å². The van der Waals surface area contributed by atoms with Crippen molar-refractivity contribution in [2.24, 2.45) is 5.73 Å². The van der Waals surface area contributed by atoms with Crippen molar-refractivity contribution in [3.63, 3.8) is 0 Å². The molecule has 1 aromatic carbocycles. The second-order valence-electron chi connectivity index (χ2n) is 5.95. The smallest absolute Gasteiger partial charge is 0.414 e. The Morgan fingerprint density at radius 1 is 1.54 bits per heavy atom. The highest BCUT2D eigenvalue weighted by molar-refractivity contribution is 7.14. The molecule has 0 saturated carbocycles. The van der Waals surface area contributed by atoms with Crippen molar-refractivity contribution in [3.8, 4) is 10.6 Å². The Labute approximate surface area is 153 Å². The van der Waals surface area contributed by atoms with Crippen molar-refractivity contribution in [3.05, 3.63) is 29.0 Å². The minimum atomic E-state index is -0.581. The average Bonchev–Trinajstić information content (AvgIpc) is 3.20. The van der Waals surface area contributed by atoms with Crippen molar-refractivity contribution in [2.45, 2.75) is 26.0 Å². The summed E-state index contributed by atoms with van der Waals surface area (Å²) in [6.45, 7) is 3.60. The first kappa shape index (κ1) is 18.2. The van der Waals surface area contributed by atoms with Crippen LogP contribution in [0.4, 0.5) is 14.9 Å². The molecule has 3 N–H and O–H groups in total. The van der Waals surface area contributed by atoms with Crippen molar-refractivity contribution < 1.29 is 18.7 Å². The van der Waals surface area contributed by atoms with E-state index >= 15 is 0 Å². The molecule has 2 atom stereocenters. The molecule has 1 aliphatic rings. The number of benzene rings is 1. The summed E-state index contributed by atoms with van der Waals surface area (Å²) in [5.41, 5.74) is 6.42. The van der Waals surface area contributed by atoms with Gasteiger partial charge in [-0.25, -0.2) is 9.18 Å². The normalized spacial score (nSPS) is 17.9. The molecule has 0 spiro atoms. The molecular weight excluding hydrogens is 361 g/mol. The number of hydrogen-bond acceptors (Lipinski definition) is 7. The second kappa shape index (κ2) is 7.34. The predicted molar refractivity (Wildman–Crippen MR) is 94.2 cm³/mol. The number of hydrogen-bond donors (Lipinski definition) is 2. The van der Waals surface area contributed by atoms with E-state index in [0.717, 1.165) is 0 Å². The number of aromatic nitrogens is 2. The fraction of sp³-hybridized carbons (Fsp3) is 0.375. The van der Waals surface area contributed by atoms with E-state index in [1.807, 2.05) is 0 Å².